The molecule has 4 rings (SSSR count). The Morgan fingerprint density at radius 2 is 2.00 bits per heavy atom. The van der Waals surface area contributed by atoms with Crippen molar-refractivity contribution in [1.82, 2.24) is 30.8 Å². The molecule has 0 radical (unpaired) electrons. The van der Waals surface area contributed by atoms with E-state index in [1.807, 2.05) is 0 Å². The third kappa shape index (κ3) is 3.27. The molecule has 0 unspecified atom stereocenters. The van der Waals surface area contributed by atoms with Gasteiger partial charge in [0.2, 0.25) is 0 Å². The number of nitrogens with one attached hydrogen (secondary N) is 3. The fourth-order valence-corrected chi connectivity index (χ4v) is 2.75. The Morgan fingerprint density at radius 1 is 1.18 bits per heavy atom. The van der Waals surface area contributed by atoms with Crippen molar-refractivity contribution in [2.75, 3.05) is 0 Å². The largest absolute Gasteiger partial charge is 0.417 e. The molecule has 0 aliphatic carbocycles. The topological polar surface area (TPSA) is 83.4 Å². The first-order valence-electron chi connectivity index (χ1n) is 8.14. The Kier molecular flexibility index (Phi) is 4.22. The number of benzene rings is 1. The molecule has 0 saturated heterocycles. The number of nitrogens with zero attached hydrogens (tertiary/aromatic N) is 3. The van der Waals surface area contributed by atoms with Crippen molar-refractivity contribution < 1.29 is 18.0 Å². The minimum absolute atomic E-state index is 0.0731. The number of alkyl halides is 3. The van der Waals surface area contributed by atoms with Crippen molar-refractivity contribution >= 4 is 11.6 Å². The number of amides is 1. The summed E-state index contributed by atoms with van der Waals surface area (Å²) in [5.41, 5.74) is 4.95. The highest BCUT2D eigenvalue weighted by molar-refractivity contribution is 6.00. The SMILES string of the molecule is O=C(NC1=CC=CNN1)c1cnn2ccc(-c3ccccc3C(F)(F)F)nc12. The summed E-state index contributed by atoms with van der Waals surface area (Å²) in [4.78, 5) is 16.8. The number of hydrogen-bond acceptors (Lipinski definition) is 5. The number of allylic oxidation sites excluding steroid dienone is 2. The van der Waals surface area contributed by atoms with Gasteiger partial charge in [0.05, 0.1) is 17.5 Å². The van der Waals surface area contributed by atoms with Crippen LogP contribution >= 0.6 is 0 Å². The van der Waals surface area contributed by atoms with Gasteiger partial charge in [0.1, 0.15) is 11.4 Å². The fourth-order valence-electron chi connectivity index (χ4n) is 2.75. The normalized spacial score (nSPS) is 13.6. The van der Waals surface area contributed by atoms with Crippen LogP contribution in [0.1, 0.15) is 15.9 Å². The maximum atomic E-state index is 13.3. The van der Waals surface area contributed by atoms with Gasteiger partial charge in [-0.05, 0) is 24.3 Å². The quantitative estimate of drug-likeness (QED) is 0.645. The van der Waals surface area contributed by atoms with Crippen molar-refractivity contribution in [3.63, 3.8) is 0 Å². The van der Waals surface area contributed by atoms with Crippen LogP contribution in [0.15, 0.2) is 66.9 Å². The van der Waals surface area contributed by atoms with E-state index in [2.05, 4.69) is 26.3 Å². The van der Waals surface area contributed by atoms with Gasteiger partial charge in [0.15, 0.2) is 5.65 Å². The summed E-state index contributed by atoms with van der Waals surface area (Å²) in [6, 6.07) is 6.57. The smallest absolute Gasteiger partial charge is 0.307 e. The Labute approximate surface area is 156 Å². The van der Waals surface area contributed by atoms with Crippen LogP contribution in [0.25, 0.3) is 16.9 Å². The first-order chi connectivity index (χ1) is 13.4. The zero-order valence-corrected chi connectivity index (χ0v) is 14.2. The first-order valence-corrected chi connectivity index (χ1v) is 8.14. The molecule has 1 aromatic carbocycles. The summed E-state index contributed by atoms with van der Waals surface area (Å²) in [5.74, 6) is -0.0926. The molecular formula is C18H13F3N6O. The van der Waals surface area contributed by atoms with Crippen molar-refractivity contribution in [2.24, 2.45) is 0 Å². The first kappa shape index (κ1) is 17.6. The van der Waals surface area contributed by atoms with Crippen LogP contribution in [-0.4, -0.2) is 20.5 Å². The lowest BCUT2D eigenvalue weighted by Crippen LogP contribution is -2.38. The highest BCUT2D eigenvalue weighted by Gasteiger charge is 2.33. The van der Waals surface area contributed by atoms with Gasteiger partial charge in [-0.15, -0.1) is 0 Å². The number of hydrogen-bond donors (Lipinski definition) is 3. The average molecular weight is 386 g/mol. The van der Waals surface area contributed by atoms with E-state index in [0.29, 0.717) is 5.82 Å². The van der Waals surface area contributed by atoms with E-state index in [1.54, 1.807) is 18.4 Å². The van der Waals surface area contributed by atoms with Gasteiger partial charge in [-0.25, -0.2) is 9.50 Å². The van der Waals surface area contributed by atoms with Crippen LogP contribution in [0.4, 0.5) is 13.2 Å². The molecule has 1 aliphatic rings. The van der Waals surface area contributed by atoms with E-state index in [1.165, 1.54) is 41.2 Å². The van der Waals surface area contributed by atoms with Crippen LogP contribution in [0.5, 0.6) is 0 Å². The van der Waals surface area contributed by atoms with Gasteiger partial charge in [0, 0.05) is 18.0 Å². The van der Waals surface area contributed by atoms with Gasteiger partial charge in [0.25, 0.3) is 5.91 Å². The molecule has 3 heterocycles. The third-order valence-electron chi connectivity index (χ3n) is 4.02. The van der Waals surface area contributed by atoms with Crippen molar-refractivity contribution in [1.29, 1.82) is 0 Å². The van der Waals surface area contributed by atoms with Crippen LogP contribution in [-0.2, 0) is 6.18 Å². The molecule has 3 N–H and O–H groups in total. The number of aromatic nitrogens is 3. The minimum atomic E-state index is -4.52. The highest BCUT2D eigenvalue weighted by Crippen LogP contribution is 2.36. The van der Waals surface area contributed by atoms with E-state index in [4.69, 9.17) is 0 Å². The predicted octanol–water partition coefficient (Wildman–Crippen LogP) is 2.61. The molecule has 10 heteroatoms. The molecular weight excluding hydrogens is 373 g/mol. The average Bonchev–Trinajstić information content (AvgIpc) is 3.11. The number of halogens is 3. The zero-order valence-electron chi connectivity index (χ0n) is 14.2. The van der Waals surface area contributed by atoms with Crippen molar-refractivity contribution in [2.45, 2.75) is 6.18 Å². The molecule has 142 valence electrons. The fraction of sp³-hybridized carbons (Fsp3) is 0.0556. The Hall–Kier alpha value is -3.82. The molecule has 0 bridgehead atoms. The van der Waals surface area contributed by atoms with E-state index >= 15 is 0 Å². The highest BCUT2D eigenvalue weighted by atomic mass is 19.4. The van der Waals surface area contributed by atoms with Crippen molar-refractivity contribution in [3.8, 4) is 11.3 Å². The summed E-state index contributed by atoms with van der Waals surface area (Å²) in [6.07, 6.45) is 3.21. The van der Waals surface area contributed by atoms with Gasteiger partial charge >= 0.3 is 6.18 Å². The molecule has 1 amide bonds. The maximum Gasteiger partial charge on any atom is 0.417 e. The van der Waals surface area contributed by atoms with E-state index in [-0.39, 0.29) is 22.5 Å². The second-order valence-electron chi connectivity index (χ2n) is 5.85. The molecule has 7 nitrogen and oxygen atoms in total. The Bertz CT molecular complexity index is 1120. The lowest BCUT2D eigenvalue weighted by Gasteiger charge is -2.14. The molecule has 28 heavy (non-hydrogen) atoms. The van der Waals surface area contributed by atoms with Gasteiger partial charge < -0.3 is 10.7 Å². The molecule has 0 atom stereocenters. The summed E-state index contributed by atoms with van der Waals surface area (Å²) < 4.78 is 41.3. The Balaban J connectivity index is 1.74. The molecule has 2 aromatic heterocycles. The van der Waals surface area contributed by atoms with E-state index in [9.17, 15) is 18.0 Å². The number of carbonyl (C=O) groups excluding carboxylic acids is 1. The standard InChI is InChI=1S/C18H13F3N6O/c19-18(20,21)13-5-2-1-4-11(13)14-7-9-27-16(24-14)12(10-23-27)17(28)25-15-6-3-8-22-26-15/h1-10,22,26H,(H,25,28). The minimum Gasteiger partial charge on any atom is -0.307 e. The Morgan fingerprint density at radius 3 is 2.75 bits per heavy atom. The summed E-state index contributed by atoms with van der Waals surface area (Å²) >= 11 is 0. The molecule has 0 saturated carbocycles. The van der Waals surface area contributed by atoms with Gasteiger partial charge in [-0.2, -0.15) is 18.3 Å². The third-order valence-corrected chi connectivity index (χ3v) is 4.02. The summed E-state index contributed by atoms with van der Waals surface area (Å²) in [7, 11) is 0. The second kappa shape index (κ2) is 6.72. The molecule has 3 aromatic rings. The van der Waals surface area contributed by atoms with E-state index in [0.717, 1.165) is 6.07 Å². The number of fused-ring (bicyclic) bond motifs is 1. The van der Waals surface area contributed by atoms with E-state index < -0.39 is 17.6 Å². The molecule has 0 fully saturated rings. The predicted molar refractivity (Wildman–Crippen MR) is 94.4 cm³/mol. The monoisotopic (exact) mass is 386 g/mol. The van der Waals surface area contributed by atoms with Crippen molar-refractivity contribution in [3.05, 3.63) is 78.0 Å². The van der Waals surface area contributed by atoms with Crippen LogP contribution < -0.4 is 16.2 Å². The van der Waals surface area contributed by atoms with Crippen LogP contribution in [0.3, 0.4) is 0 Å². The number of rotatable bonds is 3. The lowest BCUT2D eigenvalue weighted by atomic mass is 10.0. The van der Waals surface area contributed by atoms with Gasteiger partial charge in [-0.3, -0.25) is 10.2 Å². The zero-order chi connectivity index (χ0) is 19.7. The summed E-state index contributed by atoms with van der Waals surface area (Å²) in [6.45, 7) is 0. The van der Waals surface area contributed by atoms with Gasteiger partial charge in [-0.1, -0.05) is 18.2 Å². The lowest BCUT2D eigenvalue weighted by molar-refractivity contribution is -0.137. The van der Waals surface area contributed by atoms with Crippen LogP contribution in [0.2, 0.25) is 0 Å². The molecule has 0 spiro atoms. The van der Waals surface area contributed by atoms with Crippen LogP contribution in [0, 0.1) is 0 Å². The number of hydrazine groups is 1. The second-order valence-corrected chi connectivity index (χ2v) is 5.85. The summed E-state index contributed by atoms with van der Waals surface area (Å²) in [5, 5.41) is 6.67. The molecule has 1 aliphatic heterocycles. The number of carbonyl (C=O) groups is 1. The maximum absolute atomic E-state index is 13.3.